The van der Waals surface area contributed by atoms with Crippen molar-refractivity contribution in [1.29, 1.82) is 5.26 Å². The van der Waals surface area contributed by atoms with Gasteiger partial charge in [0.2, 0.25) is 0 Å². The number of likely N-dealkylation sites (tertiary alicyclic amines) is 1. The first-order chi connectivity index (χ1) is 8.76. The van der Waals surface area contributed by atoms with Gasteiger partial charge in [0.15, 0.2) is 0 Å². The Labute approximate surface area is 106 Å². The molecule has 0 saturated carbocycles. The third kappa shape index (κ3) is 2.49. The Kier molecular flexibility index (Phi) is 3.90. The van der Waals surface area contributed by atoms with Gasteiger partial charge in [-0.2, -0.15) is 5.26 Å². The van der Waals surface area contributed by atoms with Crippen LogP contribution in [-0.4, -0.2) is 40.1 Å². The van der Waals surface area contributed by atoms with E-state index in [0.29, 0.717) is 24.2 Å². The maximum atomic E-state index is 12.2. The lowest BCUT2D eigenvalue weighted by atomic mass is 10.1. The van der Waals surface area contributed by atoms with E-state index < -0.39 is 0 Å². The predicted octanol–water partition coefficient (Wildman–Crippen LogP) is 0.940. The number of aliphatic hydroxyl groups is 1. The van der Waals surface area contributed by atoms with E-state index in [-0.39, 0.29) is 18.6 Å². The van der Waals surface area contributed by atoms with Crippen LogP contribution in [0.4, 0.5) is 0 Å². The molecule has 1 aromatic heterocycles. The maximum absolute atomic E-state index is 12.2. The van der Waals surface area contributed by atoms with Gasteiger partial charge in [-0.3, -0.25) is 4.79 Å². The number of hydrogen-bond acceptors (Lipinski definition) is 4. The number of rotatable bonds is 3. The van der Waals surface area contributed by atoms with Crippen LogP contribution in [-0.2, 0) is 0 Å². The van der Waals surface area contributed by atoms with Gasteiger partial charge < -0.3 is 10.0 Å². The third-order valence-electron chi connectivity index (χ3n) is 3.21. The summed E-state index contributed by atoms with van der Waals surface area (Å²) in [7, 11) is 0. The van der Waals surface area contributed by atoms with E-state index in [1.54, 1.807) is 17.0 Å². The number of pyridine rings is 1. The number of aliphatic hydroxyl groups excluding tert-OH is 1. The highest BCUT2D eigenvalue weighted by Gasteiger charge is 2.29. The molecule has 1 aromatic rings. The standard InChI is InChI=1S/C13H15N3O2/c14-8-10-3-4-12(15-9-10)13(18)16-6-1-2-11(16)5-7-17/h3-4,9,11,17H,1-2,5-7H2. The normalized spacial score (nSPS) is 18.7. The second-order valence-electron chi connectivity index (χ2n) is 4.35. The third-order valence-corrected chi connectivity index (χ3v) is 3.21. The molecule has 1 aliphatic rings. The van der Waals surface area contributed by atoms with Crippen molar-refractivity contribution in [2.24, 2.45) is 0 Å². The second kappa shape index (κ2) is 5.61. The number of amides is 1. The molecular formula is C13H15N3O2. The minimum atomic E-state index is -0.115. The quantitative estimate of drug-likeness (QED) is 0.859. The number of nitriles is 1. The zero-order chi connectivity index (χ0) is 13.0. The average molecular weight is 245 g/mol. The van der Waals surface area contributed by atoms with E-state index in [9.17, 15) is 4.79 Å². The van der Waals surface area contributed by atoms with E-state index in [1.165, 1.54) is 6.20 Å². The van der Waals surface area contributed by atoms with Crippen molar-refractivity contribution in [2.45, 2.75) is 25.3 Å². The zero-order valence-electron chi connectivity index (χ0n) is 10.0. The van der Waals surface area contributed by atoms with Crippen LogP contribution in [0.2, 0.25) is 0 Å². The van der Waals surface area contributed by atoms with E-state index in [2.05, 4.69) is 4.98 Å². The summed E-state index contributed by atoms with van der Waals surface area (Å²) in [5.41, 5.74) is 0.804. The summed E-state index contributed by atoms with van der Waals surface area (Å²) in [6.07, 6.45) is 3.92. The molecular weight excluding hydrogens is 230 g/mol. The maximum Gasteiger partial charge on any atom is 0.272 e. The molecule has 2 rings (SSSR count). The molecule has 5 nitrogen and oxygen atoms in total. The Bertz CT molecular complexity index is 464. The summed E-state index contributed by atoms with van der Waals surface area (Å²) in [5.74, 6) is -0.115. The number of aromatic nitrogens is 1. The summed E-state index contributed by atoms with van der Waals surface area (Å²) in [4.78, 5) is 18.0. The minimum absolute atomic E-state index is 0.0925. The summed E-state index contributed by atoms with van der Waals surface area (Å²) < 4.78 is 0. The molecule has 18 heavy (non-hydrogen) atoms. The highest BCUT2D eigenvalue weighted by atomic mass is 16.3. The fourth-order valence-corrected chi connectivity index (χ4v) is 2.29. The van der Waals surface area contributed by atoms with Gasteiger partial charge in [-0.1, -0.05) is 0 Å². The molecule has 94 valence electrons. The lowest BCUT2D eigenvalue weighted by Gasteiger charge is -2.23. The van der Waals surface area contributed by atoms with E-state index in [0.717, 1.165) is 12.8 Å². The molecule has 1 saturated heterocycles. The fourth-order valence-electron chi connectivity index (χ4n) is 2.29. The van der Waals surface area contributed by atoms with Crippen LogP contribution in [0.15, 0.2) is 18.3 Å². The average Bonchev–Trinajstić information content (AvgIpc) is 2.87. The molecule has 1 N–H and O–H groups in total. The molecule has 0 spiro atoms. The van der Waals surface area contributed by atoms with Gasteiger partial charge in [0.25, 0.3) is 5.91 Å². The van der Waals surface area contributed by atoms with Gasteiger partial charge in [-0.25, -0.2) is 4.98 Å². The lowest BCUT2D eigenvalue weighted by molar-refractivity contribution is 0.0710. The molecule has 2 heterocycles. The van der Waals surface area contributed by atoms with Crippen LogP contribution in [0.5, 0.6) is 0 Å². The Hall–Kier alpha value is -1.93. The van der Waals surface area contributed by atoms with Gasteiger partial charge in [-0.05, 0) is 31.4 Å². The van der Waals surface area contributed by atoms with Crippen molar-refractivity contribution in [3.05, 3.63) is 29.6 Å². The van der Waals surface area contributed by atoms with Crippen LogP contribution >= 0.6 is 0 Å². The molecule has 0 bridgehead atoms. The highest BCUT2D eigenvalue weighted by molar-refractivity contribution is 5.92. The van der Waals surface area contributed by atoms with Gasteiger partial charge in [-0.15, -0.1) is 0 Å². The molecule has 1 atom stereocenters. The number of hydrogen-bond donors (Lipinski definition) is 1. The van der Waals surface area contributed by atoms with Gasteiger partial charge in [0, 0.05) is 25.4 Å². The van der Waals surface area contributed by atoms with Crippen molar-refractivity contribution >= 4 is 5.91 Å². The SMILES string of the molecule is N#Cc1ccc(C(=O)N2CCCC2CCO)nc1. The largest absolute Gasteiger partial charge is 0.396 e. The molecule has 1 fully saturated rings. The van der Waals surface area contributed by atoms with Gasteiger partial charge >= 0.3 is 0 Å². The Morgan fingerprint density at radius 1 is 1.61 bits per heavy atom. The zero-order valence-corrected chi connectivity index (χ0v) is 10.0. The molecule has 0 aliphatic carbocycles. The van der Waals surface area contributed by atoms with Crippen LogP contribution in [0, 0.1) is 11.3 Å². The highest BCUT2D eigenvalue weighted by Crippen LogP contribution is 2.21. The first kappa shape index (κ1) is 12.5. The number of carbonyl (C=O) groups excluding carboxylic acids is 1. The number of carbonyl (C=O) groups is 1. The summed E-state index contributed by atoms with van der Waals surface area (Å²) in [5, 5.41) is 17.7. The van der Waals surface area contributed by atoms with Crippen molar-refractivity contribution in [3.8, 4) is 6.07 Å². The van der Waals surface area contributed by atoms with E-state index in [1.807, 2.05) is 6.07 Å². The molecule has 1 unspecified atom stereocenters. The first-order valence-electron chi connectivity index (χ1n) is 6.04. The minimum Gasteiger partial charge on any atom is -0.396 e. The molecule has 0 radical (unpaired) electrons. The summed E-state index contributed by atoms with van der Waals surface area (Å²) in [6.45, 7) is 0.806. The van der Waals surface area contributed by atoms with Crippen LogP contribution in [0.25, 0.3) is 0 Å². The smallest absolute Gasteiger partial charge is 0.272 e. The lowest BCUT2D eigenvalue weighted by Crippen LogP contribution is -2.36. The van der Waals surface area contributed by atoms with Crippen LogP contribution < -0.4 is 0 Å². The Morgan fingerprint density at radius 2 is 2.44 bits per heavy atom. The monoisotopic (exact) mass is 245 g/mol. The molecule has 1 aliphatic heterocycles. The predicted molar refractivity (Wildman–Crippen MR) is 64.7 cm³/mol. The summed E-state index contributed by atoms with van der Waals surface area (Å²) >= 11 is 0. The summed E-state index contributed by atoms with van der Waals surface area (Å²) in [6, 6.07) is 5.26. The van der Waals surface area contributed by atoms with E-state index in [4.69, 9.17) is 10.4 Å². The topological polar surface area (TPSA) is 77.2 Å². The molecule has 0 aromatic carbocycles. The van der Waals surface area contributed by atoms with Gasteiger partial charge in [0.1, 0.15) is 11.8 Å². The van der Waals surface area contributed by atoms with Crippen molar-refractivity contribution in [3.63, 3.8) is 0 Å². The Morgan fingerprint density at radius 3 is 3.06 bits per heavy atom. The van der Waals surface area contributed by atoms with Crippen molar-refractivity contribution < 1.29 is 9.90 Å². The molecule has 5 heteroatoms. The van der Waals surface area contributed by atoms with E-state index >= 15 is 0 Å². The van der Waals surface area contributed by atoms with Gasteiger partial charge in [0.05, 0.1) is 5.56 Å². The Balaban J connectivity index is 2.12. The first-order valence-corrected chi connectivity index (χ1v) is 6.04. The van der Waals surface area contributed by atoms with Crippen LogP contribution in [0.3, 0.4) is 0 Å². The van der Waals surface area contributed by atoms with Crippen molar-refractivity contribution in [1.82, 2.24) is 9.88 Å². The fraction of sp³-hybridized carbons (Fsp3) is 0.462. The van der Waals surface area contributed by atoms with Crippen molar-refractivity contribution in [2.75, 3.05) is 13.2 Å². The molecule has 1 amide bonds. The second-order valence-corrected chi connectivity index (χ2v) is 4.35. The van der Waals surface area contributed by atoms with Crippen LogP contribution in [0.1, 0.15) is 35.3 Å². The number of nitrogens with zero attached hydrogens (tertiary/aromatic N) is 3.